The fourth-order valence-corrected chi connectivity index (χ4v) is 3.48. The molecule has 0 aliphatic heterocycles. The molecule has 0 aromatic rings. The summed E-state index contributed by atoms with van der Waals surface area (Å²) in [6, 6.07) is 0.350. The van der Waals surface area contributed by atoms with Crippen molar-refractivity contribution < 1.29 is 8.42 Å². The highest BCUT2D eigenvalue weighted by atomic mass is 35.5. The molecule has 5 heteroatoms. The molecule has 1 saturated carbocycles. The first-order chi connectivity index (χ1) is 7.46. The van der Waals surface area contributed by atoms with Crippen molar-refractivity contribution in [2.24, 2.45) is 0 Å². The van der Waals surface area contributed by atoms with E-state index in [0.29, 0.717) is 12.6 Å². The van der Waals surface area contributed by atoms with Gasteiger partial charge in [-0.25, -0.2) is 8.42 Å². The van der Waals surface area contributed by atoms with Crippen molar-refractivity contribution in [2.45, 2.75) is 44.0 Å². The van der Waals surface area contributed by atoms with Crippen LogP contribution in [0.4, 0.5) is 0 Å². The number of hydrogen-bond acceptors (Lipinski definition) is 3. The van der Waals surface area contributed by atoms with Gasteiger partial charge < -0.3 is 4.90 Å². The summed E-state index contributed by atoms with van der Waals surface area (Å²) < 4.78 is 22.8. The lowest BCUT2D eigenvalue weighted by molar-refractivity contribution is 0.205. The lowest BCUT2D eigenvalue weighted by Crippen LogP contribution is -2.42. The van der Waals surface area contributed by atoms with E-state index in [4.69, 9.17) is 11.6 Å². The third-order valence-corrected chi connectivity index (χ3v) is 5.60. The quantitative estimate of drug-likeness (QED) is 0.714. The highest BCUT2D eigenvalue weighted by Gasteiger charge is 2.26. The zero-order valence-electron chi connectivity index (χ0n) is 10.2. The zero-order chi connectivity index (χ0) is 12.2. The number of hydrogen-bond donors (Lipinski definition) is 0. The van der Waals surface area contributed by atoms with Crippen LogP contribution in [-0.2, 0) is 9.84 Å². The van der Waals surface area contributed by atoms with Gasteiger partial charge in [0.1, 0.15) is 0 Å². The second-order valence-corrected chi connectivity index (χ2v) is 7.62. The van der Waals surface area contributed by atoms with Crippen LogP contribution in [0.5, 0.6) is 0 Å². The molecule has 16 heavy (non-hydrogen) atoms. The molecule has 1 rings (SSSR count). The molecule has 0 aromatic heterocycles. The topological polar surface area (TPSA) is 37.4 Å². The fraction of sp³-hybridized carbons (Fsp3) is 1.00. The molecule has 0 heterocycles. The highest BCUT2D eigenvalue weighted by Crippen LogP contribution is 2.26. The Kier molecular flexibility index (Phi) is 5.54. The second-order valence-electron chi connectivity index (χ2n) is 4.58. The number of halogens is 1. The second kappa shape index (κ2) is 6.22. The Morgan fingerprint density at radius 2 is 1.94 bits per heavy atom. The zero-order valence-corrected chi connectivity index (χ0v) is 11.7. The van der Waals surface area contributed by atoms with Crippen LogP contribution in [0, 0.1) is 0 Å². The minimum Gasteiger partial charge on any atom is -0.301 e. The van der Waals surface area contributed by atoms with Gasteiger partial charge >= 0.3 is 0 Å². The summed E-state index contributed by atoms with van der Waals surface area (Å²) in [6.07, 6.45) is 4.55. The van der Waals surface area contributed by atoms with Crippen LogP contribution in [-0.4, -0.2) is 49.8 Å². The molecule has 0 aromatic carbocycles. The van der Waals surface area contributed by atoms with E-state index < -0.39 is 9.84 Å². The van der Waals surface area contributed by atoms with E-state index in [2.05, 4.69) is 4.90 Å². The summed E-state index contributed by atoms with van der Waals surface area (Å²) in [4.78, 5) is 2.12. The maximum Gasteiger partial charge on any atom is 0.151 e. The van der Waals surface area contributed by atoms with Crippen molar-refractivity contribution in [3.05, 3.63) is 0 Å². The summed E-state index contributed by atoms with van der Waals surface area (Å²) >= 11 is 6.27. The van der Waals surface area contributed by atoms with E-state index in [1.165, 1.54) is 12.8 Å². The molecule has 96 valence electrons. The number of rotatable bonds is 5. The largest absolute Gasteiger partial charge is 0.301 e. The normalized spacial score (nSPS) is 27.2. The molecule has 3 nitrogen and oxygen atoms in total. The Labute approximate surface area is 104 Å². The maximum atomic E-state index is 11.4. The van der Waals surface area contributed by atoms with Gasteiger partial charge in [0.15, 0.2) is 9.84 Å². The van der Waals surface area contributed by atoms with Crippen molar-refractivity contribution in [1.29, 1.82) is 0 Å². The average molecular weight is 268 g/mol. The van der Waals surface area contributed by atoms with Crippen molar-refractivity contribution >= 4 is 21.4 Å². The first kappa shape index (κ1) is 14.3. The van der Waals surface area contributed by atoms with E-state index in [9.17, 15) is 8.42 Å². The minimum atomic E-state index is -2.86. The maximum absolute atomic E-state index is 11.4. The van der Waals surface area contributed by atoms with E-state index >= 15 is 0 Å². The van der Waals surface area contributed by atoms with Crippen LogP contribution in [0.1, 0.15) is 32.6 Å². The van der Waals surface area contributed by atoms with Crippen molar-refractivity contribution in [3.63, 3.8) is 0 Å². The van der Waals surface area contributed by atoms with Crippen LogP contribution < -0.4 is 0 Å². The fourth-order valence-electron chi connectivity index (χ4n) is 2.16. The number of alkyl halides is 1. The van der Waals surface area contributed by atoms with E-state index in [-0.39, 0.29) is 16.9 Å². The van der Waals surface area contributed by atoms with E-state index in [1.54, 1.807) is 6.92 Å². The Morgan fingerprint density at radius 1 is 1.31 bits per heavy atom. The SMILES string of the molecule is CCS(=O)(=O)CCN(C)C1CCCCC1Cl. The van der Waals surface area contributed by atoms with Gasteiger partial charge in [-0.1, -0.05) is 19.8 Å². The van der Waals surface area contributed by atoms with Crippen molar-refractivity contribution in [2.75, 3.05) is 25.1 Å². The predicted molar refractivity (Wildman–Crippen MR) is 68.9 cm³/mol. The van der Waals surface area contributed by atoms with Crippen LogP contribution >= 0.6 is 11.6 Å². The van der Waals surface area contributed by atoms with Gasteiger partial charge in [0.05, 0.1) is 5.75 Å². The van der Waals surface area contributed by atoms with Gasteiger partial charge in [0.2, 0.25) is 0 Å². The monoisotopic (exact) mass is 267 g/mol. The standard InChI is InChI=1S/C11H22ClNO2S/c1-3-16(14,15)9-8-13(2)11-7-5-4-6-10(11)12/h10-11H,3-9H2,1-2H3. The number of nitrogens with zero attached hydrogens (tertiary/aromatic N) is 1. The van der Waals surface area contributed by atoms with E-state index in [1.807, 2.05) is 7.05 Å². The molecule has 2 atom stereocenters. The molecule has 2 unspecified atom stereocenters. The summed E-state index contributed by atoms with van der Waals surface area (Å²) in [6.45, 7) is 2.30. The van der Waals surface area contributed by atoms with Gasteiger partial charge in [-0.05, 0) is 19.9 Å². The van der Waals surface area contributed by atoms with Gasteiger partial charge in [-0.2, -0.15) is 0 Å². The number of sulfone groups is 1. The van der Waals surface area contributed by atoms with Gasteiger partial charge in [0, 0.05) is 23.7 Å². The van der Waals surface area contributed by atoms with E-state index in [0.717, 1.165) is 12.8 Å². The molecule has 0 N–H and O–H groups in total. The summed E-state index contributed by atoms with van der Waals surface area (Å²) in [7, 11) is -0.873. The molecule has 0 spiro atoms. The van der Waals surface area contributed by atoms with Gasteiger partial charge in [-0.3, -0.25) is 0 Å². The van der Waals surface area contributed by atoms with Crippen molar-refractivity contribution in [1.82, 2.24) is 4.90 Å². The van der Waals surface area contributed by atoms with Gasteiger partial charge in [-0.15, -0.1) is 11.6 Å². The average Bonchev–Trinajstić information content (AvgIpc) is 2.27. The van der Waals surface area contributed by atoms with Gasteiger partial charge in [0.25, 0.3) is 0 Å². The summed E-state index contributed by atoms with van der Waals surface area (Å²) in [5.41, 5.74) is 0. The predicted octanol–water partition coefficient (Wildman–Crippen LogP) is 1.90. The van der Waals surface area contributed by atoms with Crippen LogP contribution in [0.25, 0.3) is 0 Å². The Hall–Kier alpha value is 0.200. The van der Waals surface area contributed by atoms with Crippen LogP contribution in [0.3, 0.4) is 0 Å². The third-order valence-electron chi connectivity index (χ3n) is 3.41. The lowest BCUT2D eigenvalue weighted by Gasteiger charge is -2.34. The molecule has 0 bridgehead atoms. The summed E-state index contributed by atoms with van der Waals surface area (Å²) in [5, 5.41) is 0.183. The molecular weight excluding hydrogens is 246 g/mol. The Balaban J connectivity index is 2.42. The molecule has 1 fully saturated rings. The van der Waals surface area contributed by atoms with Crippen LogP contribution in [0.2, 0.25) is 0 Å². The third kappa shape index (κ3) is 4.22. The molecule has 0 radical (unpaired) electrons. The Bertz CT molecular complexity index is 305. The molecular formula is C11H22ClNO2S. The first-order valence-corrected chi connectivity index (χ1v) is 8.27. The Morgan fingerprint density at radius 3 is 2.50 bits per heavy atom. The lowest BCUT2D eigenvalue weighted by atomic mass is 9.94. The van der Waals surface area contributed by atoms with Crippen molar-refractivity contribution in [3.8, 4) is 0 Å². The first-order valence-electron chi connectivity index (χ1n) is 6.01. The highest BCUT2D eigenvalue weighted by molar-refractivity contribution is 7.91. The molecule has 1 aliphatic carbocycles. The summed E-state index contributed by atoms with van der Waals surface area (Å²) in [5.74, 6) is 0.482. The van der Waals surface area contributed by atoms with Crippen LogP contribution in [0.15, 0.2) is 0 Å². The smallest absolute Gasteiger partial charge is 0.151 e. The molecule has 0 amide bonds. The minimum absolute atomic E-state index is 0.183. The molecule has 0 saturated heterocycles. The molecule has 1 aliphatic rings.